The summed E-state index contributed by atoms with van der Waals surface area (Å²) in [6.45, 7) is 3.22. The molecule has 1 amide bonds. The van der Waals surface area contributed by atoms with Gasteiger partial charge in [-0.25, -0.2) is 8.42 Å². The van der Waals surface area contributed by atoms with Crippen LogP contribution in [0, 0.1) is 6.92 Å². The van der Waals surface area contributed by atoms with Gasteiger partial charge in [-0.3, -0.25) is 9.52 Å². The number of aryl methyl sites for hydroxylation is 1. The van der Waals surface area contributed by atoms with E-state index in [0.717, 1.165) is 23.3 Å². The summed E-state index contributed by atoms with van der Waals surface area (Å²) in [4.78, 5) is 15.4. The Bertz CT molecular complexity index is 971. The molecule has 1 aliphatic heterocycles. The number of anilines is 1. The van der Waals surface area contributed by atoms with Crippen molar-refractivity contribution in [1.82, 2.24) is 4.90 Å². The molecule has 1 aliphatic rings. The van der Waals surface area contributed by atoms with E-state index in [1.807, 2.05) is 6.26 Å². The highest BCUT2D eigenvalue weighted by Crippen LogP contribution is 2.28. The molecule has 0 aliphatic carbocycles. The molecule has 1 fully saturated rings. The molecule has 0 bridgehead atoms. The molecule has 2 aromatic carbocycles. The quantitative estimate of drug-likeness (QED) is 0.722. The highest BCUT2D eigenvalue weighted by Gasteiger charge is 2.24. The second-order valence-corrected chi connectivity index (χ2v) is 9.39. The second-order valence-electron chi connectivity index (χ2n) is 6.43. The zero-order chi connectivity index (χ0) is 19.6. The molecule has 1 heterocycles. The van der Waals surface area contributed by atoms with Crippen LogP contribution in [0.1, 0.15) is 28.8 Å². The van der Waals surface area contributed by atoms with E-state index in [2.05, 4.69) is 4.72 Å². The maximum atomic E-state index is 12.9. The molecule has 27 heavy (non-hydrogen) atoms. The van der Waals surface area contributed by atoms with E-state index < -0.39 is 10.0 Å². The largest absolute Gasteiger partial charge is 0.339 e. The van der Waals surface area contributed by atoms with Gasteiger partial charge in [0.05, 0.1) is 16.1 Å². The van der Waals surface area contributed by atoms with Crippen LogP contribution >= 0.6 is 23.4 Å². The normalized spacial score (nSPS) is 14.4. The molecule has 0 unspecified atom stereocenters. The number of amides is 1. The van der Waals surface area contributed by atoms with Crippen molar-refractivity contribution in [3.8, 4) is 0 Å². The molecule has 2 aromatic rings. The number of sulfonamides is 1. The maximum Gasteiger partial charge on any atom is 0.261 e. The standard InChI is InChI=1S/C19H21ClN2O3S2/c1-13-5-6-14(20)11-17(13)21-27(24,25)15-7-8-18(26-2)16(12-15)19(23)22-9-3-4-10-22/h5-8,11-12,21H,3-4,9-10H2,1-2H3. The number of benzene rings is 2. The summed E-state index contributed by atoms with van der Waals surface area (Å²) in [6, 6.07) is 9.70. The van der Waals surface area contributed by atoms with Crippen LogP contribution in [0.25, 0.3) is 0 Å². The van der Waals surface area contributed by atoms with Crippen molar-refractivity contribution in [1.29, 1.82) is 0 Å². The first-order valence-corrected chi connectivity index (χ1v) is 11.7. The van der Waals surface area contributed by atoms with Crippen LogP contribution in [0.2, 0.25) is 5.02 Å². The molecule has 8 heteroatoms. The molecule has 144 valence electrons. The SMILES string of the molecule is CSc1ccc(S(=O)(=O)Nc2cc(Cl)ccc2C)cc1C(=O)N1CCCC1. The van der Waals surface area contributed by atoms with E-state index in [1.165, 1.54) is 23.9 Å². The number of hydrogen-bond donors (Lipinski definition) is 1. The number of hydrogen-bond acceptors (Lipinski definition) is 4. The van der Waals surface area contributed by atoms with Gasteiger partial charge in [0.15, 0.2) is 0 Å². The first kappa shape index (κ1) is 20.0. The Morgan fingerprint density at radius 1 is 1.15 bits per heavy atom. The first-order valence-electron chi connectivity index (χ1n) is 8.58. The molecule has 5 nitrogen and oxygen atoms in total. The Hall–Kier alpha value is -1.70. The van der Waals surface area contributed by atoms with E-state index >= 15 is 0 Å². The molecular formula is C19H21ClN2O3S2. The third kappa shape index (κ3) is 4.42. The number of likely N-dealkylation sites (tertiary alicyclic amines) is 1. The lowest BCUT2D eigenvalue weighted by molar-refractivity contribution is 0.0789. The van der Waals surface area contributed by atoms with E-state index in [4.69, 9.17) is 11.6 Å². The van der Waals surface area contributed by atoms with Crippen molar-refractivity contribution >= 4 is 45.0 Å². The number of rotatable bonds is 5. The molecule has 0 aromatic heterocycles. The number of carbonyl (C=O) groups excluding carboxylic acids is 1. The van der Waals surface area contributed by atoms with Crippen molar-refractivity contribution in [2.24, 2.45) is 0 Å². The Balaban J connectivity index is 1.96. The minimum atomic E-state index is -3.85. The van der Waals surface area contributed by atoms with Gasteiger partial charge < -0.3 is 4.90 Å². The van der Waals surface area contributed by atoms with Gasteiger partial charge in [-0.2, -0.15) is 0 Å². The van der Waals surface area contributed by atoms with Crippen molar-refractivity contribution in [3.05, 3.63) is 52.5 Å². The Morgan fingerprint density at radius 3 is 2.52 bits per heavy atom. The van der Waals surface area contributed by atoms with Gasteiger partial charge in [0, 0.05) is 23.0 Å². The predicted molar refractivity (Wildman–Crippen MR) is 110 cm³/mol. The minimum Gasteiger partial charge on any atom is -0.339 e. The van der Waals surface area contributed by atoms with Gasteiger partial charge in [0.2, 0.25) is 0 Å². The highest BCUT2D eigenvalue weighted by atomic mass is 35.5. The predicted octanol–water partition coefficient (Wildman–Crippen LogP) is 4.41. The number of carbonyl (C=O) groups is 1. The Morgan fingerprint density at radius 2 is 1.85 bits per heavy atom. The van der Waals surface area contributed by atoms with Crippen LogP contribution in [0.15, 0.2) is 46.2 Å². The van der Waals surface area contributed by atoms with Crippen molar-refractivity contribution < 1.29 is 13.2 Å². The van der Waals surface area contributed by atoms with Crippen LogP contribution in [0.5, 0.6) is 0 Å². The number of nitrogens with zero attached hydrogens (tertiary/aromatic N) is 1. The van der Waals surface area contributed by atoms with E-state index in [-0.39, 0.29) is 10.8 Å². The fourth-order valence-corrected chi connectivity index (χ4v) is 4.91. The fraction of sp³-hybridized carbons (Fsp3) is 0.316. The van der Waals surface area contributed by atoms with Crippen molar-refractivity contribution in [2.75, 3.05) is 24.1 Å². The topological polar surface area (TPSA) is 66.5 Å². The molecule has 0 saturated carbocycles. The summed E-state index contributed by atoms with van der Waals surface area (Å²) in [5, 5.41) is 0.445. The van der Waals surface area contributed by atoms with E-state index in [1.54, 1.807) is 36.1 Å². The molecule has 1 saturated heterocycles. The van der Waals surface area contributed by atoms with Gasteiger partial charge >= 0.3 is 0 Å². The third-order valence-corrected chi connectivity index (χ3v) is 6.94. The summed E-state index contributed by atoms with van der Waals surface area (Å²) in [6.07, 6.45) is 3.83. The van der Waals surface area contributed by atoms with Gasteiger partial charge in [-0.1, -0.05) is 17.7 Å². The lowest BCUT2D eigenvalue weighted by Gasteiger charge is -2.18. The zero-order valence-corrected chi connectivity index (χ0v) is 17.5. The lowest BCUT2D eigenvalue weighted by Crippen LogP contribution is -2.28. The Kier molecular flexibility index (Phi) is 6.03. The summed E-state index contributed by atoms with van der Waals surface area (Å²) in [5.41, 5.74) is 1.61. The van der Waals surface area contributed by atoms with Crippen LogP contribution < -0.4 is 4.72 Å². The first-order chi connectivity index (χ1) is 12.8. The van der Waals surface area contributed by atoms with Crippen molar-refractivity contribution in [2.45, 2.75) is 29.6 Å². The van der Waals surface area contributed by atoms with Crippen molar-refractivity contribution in [3.63, 3.8) is 0 Å². The average molecular weight is 425 g/mol. The lowest BCUT2D eigenvalue weighted by atomic mass is 10.2. The Labute approximate surface area is 169 Å². The summed E-state index contributed by atoms with van der Waals surface area (Å²) >= 11 is 7.41. The third-order valence-electron chi connectivity index (χ3n) is 4.55. The summed E-state index contributed by atoms with van der Waals surface area (Å²) < 4.78 is 28.3. The van der Waals surface area contributed by atoms with E-state index in [0.29, 0.717) is 29.4 Å². The monoisotopic (exact) mass is 424 g/mol. The van der Waals surface area contributed by atoms with Crippen LogP contribution in [-0.4, -0.2) is 38.6 Å². The van der Waals surface area contributed by atoms with Crippen LogP contribution in [-0.2, 0) is 10.0 Å². The van der Waals surface area contributed by atoms with Crippen LogP contribution in [0.3, 0.4) is 0 Å². The van der Waals surface area contributed by atoms with Crippen LogP contribution in [0.4, 0.5) is 5.69 Å². The maximum absolute atomic E-state index is 12.9. The van der Waals surface area contributed by atoms with Gasteiger partial charge in [-0.05, 0) is 61.9 Å². The minimum absolute atomic E-state index is 0.0576. The average Bonchev–Trinajstić information content (AvgIpc) is 3.18. The van der Waals surface area contributed by atoms with Gasteiger partial charge in [0.25, 0.3) is 15.9 Å². The summed E-state index contributed by atoms with van der Waals surface area (Å²) in [5.74, 6) is -0.118. The highest BCUT2D eigenvalue weighted by molar-refractivity contribution is 7.98. The molecule has 0 radical (unpaired) electrons. The molecule has 1 N–H and O–H groups in total. The number of thioether (sulfide) groups is 1. The number of nitrogens with one attached hydrogen (secondary N) is 1. The van der Waals surface area contributed by atoms with Gasteiger partial charge in [-0.15, -0.1) is 11.8 Å². The fourth-order valence-electron chi connectivity index (χ4n) is 3.02. The smallest absolute Gasteiger partial charge is 0.261 e. The van der Waals surface area contributed by atoms with Gasteiger partial charge in [0.1, 0.15) is 0 Å². The molecular weight excluding hydrogens is 404 g/mol. The second kappa shape index (κ2) is 8.12. The summed E-state index contributed by atoms with van der Waals surface area (Å²) in [7, 11) is -3.85. The zero-order valence-electron chi connectivity index (χ0n) is 15.2. The molecule has 3 rings (SSSR count). The molecule has 0 spiro atoms. The number of halogens is 1. The molecule has 0 atom stereocenters. The van der Waals surface area contributed by atoms with E-state index in [9.17, 15) is 13.2 Å².